The molecule has 25 heavy (non-hydrogen) atoms. The lowest BCUT2D eigenvalue weighted by molar-refractivity contribution is 0.0527. The Morgan fingerprint density at radius 2 is 2.24 bits per heavy atom. The van der Waals surface area contributed by atoms with Crippen LogP contribution in [0.2, 0.25) is 0 Å². The van der Waals surface area contributed by atoms with E-state index in [1.54, 1.807) is 6.20 Å². The Labute approximate surface area is 148 Å². The van der Waals surface area contributed by atoms with Gasteiger partial charge in [-0.15, -0.1) is 0 Å². The molecule has 5 nitrogen and oxygen atoms in total. The molecule has 2 fully saturated rings. The number of esters is 1. The first-order chi connectivity index (χ1) is 11.9. The number of H-pyrrole nitrogens is 1. The summed E-state index contributed by atoms with van der Waals surface area (Å²) in [6.45, 7) is 9.39. The largest absolute Gasteiger partial charge is 0.462 e. The number of pyridine rings is 1. The van der Waals surface area contributed by atoms with Crippen molar-refractivity contribution in [1.82, 2.24) is 9.97 Å². The summed E-state index contributed by atoms with van der Waals surface area (Å²) in [6.07, 6.45) is 7.19. The molecule has 2 aliphatic rings. The van der Waals surface area contributed by atoms with E-state index in [1.807, 2.05) is 19.2 Å². The van der Waals surface area contributed by atoms with Crippen LogP contribution in [0, 0.1) is 16.7 Å². The van der Waals surface area contributed by atoms with E-state index in [-0.39, 0.29) is 11.4 Å². The number of carbonyl (C=O) groups excluding carboxylic acids is 1. The van der Waals surface area contributed by atoms with Crippen LogP contribution in [0.15, 0.2) is 18.5 Å². The molecular weight excluding hydrogens is 314 g/mol. The van der Waals surface area contributed by atoms with Gasteiger partial charge in [0.25, 0.3) is 0 Å². The molecule has 2 N–H and O–H groups in total. The van der Waals surface area contributed by atoms with Crippen molar-refractivity contribution in [3.63, 3.8) is 0 Å². The molecule has 0 saturated heterocycles. The molecule has 134 valence electrons. The van der Waals surface area contributed by atoms with E-state index in [4.69, 9.17) is 4.74 Å². The highest BCUT2D eigenvalue weighted by Gasteiger charge is 2.61. The summed E-state index contributed by atoms with van der Waals surface area (Å²) in [5, 5.41) is 4.70. The van der Waals surface area contributed by atoms with Gasteiger partial charge in [-0.1, -0.05) is 20.8 Å². The smallest absolute Gasteiger partial charge is 0.341 e. The highest BCUT2D eigenvalue weighted by Crippen LogP contribution is 2.66. The summed E-state index contributed by atoms with van der Waals surface area (Å²) in [6, 6.07) is 2.34. The van der Waals surface area contributed by atoms with Crippen molar-refractivity contribution < 1.29 is 9.53 Å². The van der Waals surface area contributed by atoms with E-state index in [2.05, 4.69) is 36.1 Å². The maximum Gasteiger partial charge on any atom is 0.341 e. The van der Waals surface area contributed by atoms with Crippen molar-refractivity contribution in [1.29, 1.82) is 0 Å². The highest BCUT2D eigenvalue weighted by molar-refractivity contribution is 6.04. The first kappa shape index (κ1) is 16.4. The third-order valence-electron chi connectivity index (χ3n) is 7.19. The fourth-order valence-electron chi connectivity index (χ4n) is 5.12. The topological polar surface area (TPSA) is 67.0 Å². The summed E-state index contributed by atoms with van der Waals surface area (Å²) in [5.41, 5.74) is 2.73. The number of aromatic nitrogens is 2. The summed E-state index contributed by atoms with van der Waals surface area (Å²) in [4.78, 5) is 20.0. The van der Waals surface area contributed by atoms with Crippen LogP contribution < -0.4 is 5.32 Å². The van der Waals surface area contributed by atoms with E-state index in [0.717, 1.165) is 29.1 Å². The molecule has 0 unspecified atom stereocenters. The van der Waals surface area contributed by atoms with Crippen LogP contribution in [0.4, 0.5) is 5.69 Å². The average molecular weight is 341 g/mol. The number of anilines is 1. The Hall–Kier alpha value is -2.04. The lowest BCUT2D eigenvalue weighted by Crippen LogP contribution is -2.40. The van der Waals surface area contributed by atoms with Crippen molar-refractivity contribution in [3.8, 4) is 0 Å². The number of rotatable bonds is 4. The second kappa shape index (κ2) is 5.48. The summed E-state index contributed by atoms with van der Waals surface area (Å²) in [7, 11) is 0. The van der Waals surface area contributed by atoms with Gasteiger partial charge >= 0.3 is 5.97 Å². The number of aromatic amines is 1. The zero-order valence-electron chi connectivity index (χ0n) is 15.5. The second-order valence-corrected chi connectivity index (χ2v) is 8.31. The molecule has 0 radical (unpaired) electrons. The predicted octanol–water partition coefficient (Wildman–Crippen LogP) is 4.37. The Kier molecular flexibility index (Phi) is 3.60. The molecular formula is C20H27N3O2. The maximum atomic E-state index is 12.5. The number of fused-ring (bicyclic) bond motifs is 3. The molecule has 2 aliphatic carbocycles. The van der Waals surface area contributed by atoms with Gasteiger partial charge in [-0.3, -0.25) is 0 Å². The van der Waals surface area contributed by atoms with Gasteiger partial charge in [0.2, 0.25) is 0 Å². The Balaban J connectivity index is 1.75. The molecule has 3 atom stereocenters. The van der Waals surface area contributed by atoms with Gasteiger partial charge in [0, 0.05) is 23.8 Å². The van der Waals surface area contributed by atoms with Crippen molar-refractivity contribution in [3.05, 3.63) is 24.0 Å². The van der Waals surface area contributed by atoms with E-state index in [1.165, 1.54) is 12.8 Å². The minimum absolute atomic E-state index is 0.232. The molecule has 2 aromatic rings. The first-order valence-corrected chi connectivity index (χ1v) is 9.28. The maximum absolute atomic E-state index is 12.5. The van der Waals surface area contributed by atoms with Crippen LogP contribution in [0.1, 0.15) is 57.3 Å². The number of ether oxygens (including phenoxy) is 1. The van der Waals surface area contributed by atoms with Crippen LogP contribution in [0.5, 0.6) is 0 Å². The molecule has 0 aromatic carbocycles. The normalized spacial score (nSPS) is 29.9. The number of hydrogen-bond donors (Lipinski definition) is 2. The molecule has 0 amide bonds. The zero-order chi connectivity index (χ0) is 17.8. The van der Waals surface area contributed by atoms with Gasteiger partial charge in [0.1, 0.15) is 11.2 Å². The highest BCUT2D eigenvalue weighted by atomic mass is 16.5. The van der Waals surface area contributed by atoms with Crippen molar-refractivity contribution in [2.45, 2.75) is 53.0 Å². The fraction of sp³-hybridized carbons (Fsp3) is 0.600. The SMILES string of the molecule is CCOC(=O)c1cnc2[nH]ccc2c1N[C@H]1C[C@H]2CC[C@]1(C)C2(C)C. The van der Waals surface area contributed by atoms with Gasteiger partial charge in [0.15, 0.2) is 0 Å². The fourth-order valence-corrected chi connectivity index (χ4v) is 5.12. The molecule has 0 spiro atoms. The van der Waals surface area contributed by atoms with E-state index in [0.29, 0.717) is 23.6 Å². The minimum atomic E-state index is -0.312. The van der Waals surface area contributed by atoms with Crippen LogP contribution in [0.3, 0.4) is 0 Å². The monoisotopic (exact) mass is 341 g/mol. The van der Waals surface area contributed by atoms with Crippen LogP contribution in [0.25, 0.3) is 11.0 Å². The van der Waals surface area contributed by atoms with Crippen molar-refractivity contribution >= 4 is 22.7 Å². The average Bonchev–Trinajstić information content (AvgIpc) is 3.18. The van der Waals surface area contributed by atoms with Gasteiger partial charge in [-0.05, 0) is 49.0 Å². The Morgan fingerprint density at radius 1 is 1.44 bits per heavy atom. The van der Waals surface area contributed by atoms with Crippen molar-refractivity contribution in [2.75, 3.05) is 11.9 Å². The standard InChI is InChI=1S/C20H27N3O2/c1-5-25-18(24)14-11-22-17-13(7-9-21-17)16(14)23-15-10-12-6-8-20(15,4)19(12,2)3/h7,9,11-12,15H,5-6,8,10H2,1-4H3,(H2,21,22,23)/t12-,15+,20+/m1/s1. The Morgan fingerprint density at radius 3 is 2.88 bits per heavy atom. The minimum Gasteiger partial charge on any atom is -0.462 e. The van der Waals surface area contributed by atoms with Gasteiger partial charge in [0.05, 0.1) is 12.3 Å². The molecule has 2 bridgehead atoms. The van der Waals surface area contributed by atoms with E-state index in [9.17, 15) is 4.79 Å². The number of hydrogen-bond acceptors (Lipinski definition) is 4. The van der Waals surface area contributed by atoms with Gasteiger partial charge in [-0.2, -0.15) is 0 Å². The number of nitrogens with zero attached hydrogens (tertiary/aromatic N) is 1. The zero-order valence-corrected chi connectivity index (χ0v) is 15.5. The molecule has 2 saturated carbocycles. The Bertz CT molecular complexity index is 825. The molecule has 5 heteroatoms. The predicted molar refractivity (Wildman–Crippen MR) is 98.7 cm³/mol. The van der Waals surface area contributed by atoms with Gasteiger partial charge in [-0.25, -0.2) is 9.78 Å². The quantitative estimate of drug-likeness (QED) is 0.811. The summed E-state index contributed by atoms with van der Waals surface area (Å²) >= 11 is 0. The molecule has 4 rings (SSSR count). The van der Waals surface area contributed by atoms with Crippen molar-refractivity contribution in [2.24, 2.45) is 16.7 Å². The third-order valence-corrected chi connectivity index (χ3v) is 7.19. The summed E-state index contributed by atoms with van der Waals surface area (Å²) < 4.78 is 5.26. The van der Waals surface area contributed by atoms with Crippen LogP contribution >= 0.6 is 0 Å². The lowest BCUT2D eigenvalue weighted by Gasteiger charge is -2.40. The van der Waals surface area contributed by atoms with E-state index < -0.39 is 0 Å². The summed E-state index contributed by atoms with van der Waals surface area (Å²) in [5.74, 6) is 0.428. The van der Waals surface area contributed by atoms with Crippen LogP contribution in [-0.2, 0) is 4.74 Å². The number of carbonyl (C=O) groups is 1. The van der Waals surface area contributed by atoms with E-state index >= 15 is 0 Å². The van der Waals surface area contributed by atoms with Crippen LogP contribution in [-0.4, -0.2) is 28.6 Å². The lowest BCUT2D eigenvalue weighted by atomic mass is 9.69. The first-order valence-electron chi connectivity index (χ1n) is 9.28. The number of nitrogens with one attached hydrogen (secondary N) is 2. The third kappa shape index (κ3) is 2.21. The second-order valence-electron chi connectivity index (χ2n) is 8.31. The molecule has 2 aromatic heterocycles. The van der Waals surface area contributed by atoms with Gasteiger partial charge < -0.3 is 15.0 Å². The molecule has 2 heterocycles. The molecule has 0 aliphatic heterocycles.